The third kappa shape index (κ3) is 5.05. The Morgan fingerprint density at radius 3 is 2.38 bits per heavy atom. The van der Waals surface area contributed by atoms with Crippen LogP contribution in [0, 0.1) is 11.2 Å². The maximum Gasteiger partial charge on any atom is 0.283 e. The first-order valence-corrected chi connectivity index (χ1v) is 14.7. The third-order valence-corrected chi connectivity index (χ3v) is 9.07. The van der Waals surface area contributed by atoms with E-state index < -0.39 is 43.2 Å². The predicted octanol–water partition coefficient (Wildman–Crippen LogP) is 3.03. The highest BCUT2D eigenvalue weighted by Gasteiger charge is 2.49. The zero-order chi connectivity index (χ0) is 27.3. The van der Waals surface area contributed by atoms with Crippen LogP contribution in [0.1, 0.15) is 44.4 Å². The number of benzene rings is 2. The van der Waals surface area contributed by atoms with Gasteiger partial charge in [-0.15, -0.1) is 0 Å². The van der Waals surface area contributed by atoms with E-state index in [2.05, 4.69) is 9.12 Å². The van der Waals surface area contributed by atoms with Crippen molar-refractivity contribution in [2.45, 2.75) is 51.7 Å². The van der Waals surface area contributed by atoms with Crippen LogP contribution in [0.15, 0.2) is 63.1 Å². The van der Waals surface area contributed by atoms with Crippen LogP contribution in [0.25, 0.3) is 0 Å². The molecular formula is C25H28FN3O6S2. The van der Waals surface area contributed by atoms with Crippen LogP contribution in [-0.2, 0) is 37.9 Å². The molecule has 0 radical (unpaired) electrons. The molecule has 0 fully saturated rings. The number of carbonyl (C=O) groups excluding carboxylic acids is 1. The second kappa shape index (κ2) is 9.34. The number of amides is 1. The van der Waals surface area contributed by atoms with Gasteiger partial charge in [-0.3, -0.25) is 4.79 Å². The molecule has 198 valence electrons. The van der Waals surface area contributed by atoms with Gasteiger partial charge in [0.1, 0.15) is 27.8 Å². The van der Waals surface area contributed by atoms with Crippen LogP contribution in [-0.4, -0.2) is 50.3 Å². The van der Waals surface area contributed by atoms with Crippen molar-refractivity contribution in [2.24, 2.45) is 9.81 Å². The summed E-state index contributed by atoms with van der Waals surface area (Å²) in [5.74, 6) is -1.52. The summed E-state index contributed by atoms with van der Waals surface area (Å²) in [5.41, 5.74) is -0.134. The molecule has 1 atom stereocenters. The smallest absolute Gasteiger partial charge is 0.283 e. The van der Waals surface area contributed by atoms with E-state index in [0.717, 1.165) is 0 Å². The Balaban J connectivity index is 1.79. The van der Waals surface area contributed by atoms with E-state index in [1.54, 1.807) is 6.07 Å². The van der Waals surface area contributed by atoms with E-state index in [9.17, 15) is 31.1 Å². The van der Waals surface area contributed by atoms with Gasteiger partial charge >= 0.3 is 0 Å². The number of hydrogen-bond acceptors (Lipinski definition) is 6. The first-order valence-electron chi connectivity index (χ1n) is 11.6. The lowest BCUT2D eigenvalue weighted by Gasteiger charge is -2.35. The second-order valence-corrected chi connectivity index (χ2v) is 13.7. The Labute approximate surface area is 215 Å². The minimum absolute atomic E-state index is 0.0559. The molecule has 2 aliphatic heterocycles. The lowest BCUT2D eigenvalue weighted by molar-refractivity contribution is -0.129. The second-order valence-electron chi connectivity index (χ2n) is 10.0. The number of aliphatic hydroxyl groups excluding tert-OH is 1. The van der Waals surface area contributed by atoms with Crippen LogP contribution in [0.4, 0.5) is 4.39 Å². The van der Waals surface area contributed by atoms with E-state index in [-0.39, 0.29) is 51.9 Å². The van der Waals surface area contributed by atoms with E-state index in [0.29, 0.717) is 5.56 Å². The lowest BCUT2D eigenvalue weighted by Crippen LogP contribution is -2.43. The summed E-state index contributed by atoms with van der Waals surface area (Å²) in [4.78, 5) is 14.9. The summed E-state index contributed by atoms with van der Waals surface area (Å²) in [6, 6.07) is 9.30. The topological polar surface area (TPSA) is 133 Å². The van der Waals surface area contributed by atoms with E-state index in [1.807, 2.05) is 20.8 Å². The van der Waals surface area contributed by atoms with Crippen molar-refractivity contribution in [3.05, 3.63) is 76.3 Å². The zero-order valence-electron chi connectivity index (χ0n) is 20.8. The van der Waals surface area contributed by atoms with Crippen molar-refractivity contribution in [1.82, 2.24) is 9.62 Å². The quantitative estimate of drug-likeness (QED) is 0.546. The summed E-state index contributed by atoms with van der Waals surface area (Å²) < 4.78 is 69.7. The molecule has 4 rings (SSSR count). The van der Waals surface area contributed by atoms with E-state index in [4.69, 9.17) is 0 Å². The highest BCUT2D eigenvalue weighted by Crippen LogP contribution is 2.41. The molecule has 0 saturated heterocycles. The van der Waals surface area contributed by atoms with Crippen molar-refractivity contribution in [1.29, 1.82) is 0 Å². The average Bonchev–Trinajstić information content (AvgIpc) is 3.23. The molecule has 2 aromatic carbocycles. The van der Waals surface area contributed by atoms with Crippen LogP contribution >= 0.6 is 0 Å². The normalized spacial score (nSPS) is 19.4. The fourth-order valence-corrected chi connectivity index (χ4v) is 6.62. The number of halogens is 1. The number of hydrogen-bond donors (Lipinski definition) is 2. The van der Waals surface area contributed by atoms with Gasteiger partial charge in [-0.2, -0.15) is 12.8 Å². The number of carbonyl (C=O) groups is 1. The zero-order valence-corrected chi connectivity index (χ0v) is 22.5. The molecule has 1 unspecified atom stereocenters. The molecule has 0 saturated carbocycles. The number of nitrogens with zero attached hydrogens (tertiary/aromatic N) is 2. The molecule has 2 aliphatic rings. The van der Waals surface area contributed by atoms with E-state index in [1.165, 1.54) is 48.2 Å². The Hall–Kier alpha value is -3.09. The Kier molecular flexibility index (Phi) is 6.80. The van der Waals surface area contributed by atoms with Crippen molar-refractivity contribution < 1.29 is 31.1 Å². The first kappa shape index (κ1) is 27.0. The highest BCUT2D eigenvalue weighted by atomic mass is 32.2. The molecule has 0 aliphatic carbocycles. The lowest BCUT2D eigenvalue weighted by atomic mass is 9.84. The monoisotopic (exact) mass is 549 g/mol. The molecule has 9 nitrogen and oxygen atoms in total. The van der Waals surface area contributed by atoms with Gasteiger partial charge in [0.25, 0.3) is 15.9 Å². The van der Waals surface area contributed by atoms with Gasteiger partial charge in [-0.25, -0.2) is 17.5 Å². The largest absolute Gasteiger partial charge is 0.509 e. The van der Waals surface area contributed by atoms with Gasteiger partial charge < -0.3 is 10.0 Å². The first-order chi connectivity index (χ1) is 17.2. The minimum Gasteiger partial charge on any atom is -0.509 e. The summed E-state index contributed by atoms with van der Waals surface area (Å²) >= 11 is 0. The van der Waals surface area contributed by atoms with E-state index >= 15 is 0 Å². The summed E-state index contributed by atoms with van der Waals surface area (Å²) in [6.45, 7) is 6.74. The molecule has 0 aromatic heterocycles. The van der Waals surface area contributed by atoms with Gasteiger partial charge in [0.2, 0.25) is 10.0 Å². The van der Waals surface area contributed by atoms with Crippen molar-refractivity contribution in [3.8, 4) is 0 Å². The number of aliphatic hydroxyl groups is 1. The molecule has 2 heterocycles. The Morgan fingerprint density at radius 1 is 1.14 bits per heavy atom. The van der Waals surface area contributed by atoms with Gasteiger partial charge in [-0.05, 0) is 35.6 Å². The summed E-state index contributed by atoms with van der Waals surface area (Å²) in [7, 11) is -7.88. The van der Waals surface area contributed by atoms with Crippen LogP contribution in [0.5, 0.6) is 0 Å². The van der Waals surface area contributed by atoms with Crippen LogP contribution in [0.3, 0.4) is 0 Å². The van der Waals surface area contributed by atoms with Crippen LogP contribution in [0.2, 0.25) is 0 Å². The molecule has 2 aromatic rings. The predicted molar refractivity (Wildman–Crippen MR) is 136 cm³/mol. The van der Waals surface area contributed by atoms with Crippen LogP contribution < -0.4 is 4.72 Å². The number of fused-ring (bicyclic) bond motifs is 1. The molecule has 37 heavy (non-hydrogen) atoms. The average molecular weight is 550 g/mol. The molecule has 12 heteroatoms. The molecular weight excluding hydrogens is 521 g/mol. The van der Waals surface area contributed by atoms with Crippen molar-refractivity contribution in [2.75, 3.05) is 5.75 Å². The Bertz CT molecular complexity index is 1540. The van der Waals surface area contributed by atoms with Crippen molar-refractivity contribution in [3.63, 3.8) is 0 Å². The minimum atomic E-state index is -4.28. The SMILES string of the molecule is CCS(=O)(=O)NCc1cccc2c1S(=O)(=O)N=C2C1=C(O)C(C(C)(C)C)N(Cc2ccc(F)cc2)C1=O. The molecule has 1 amide bonds. The van der Waals surface area contributed by atoms with Gasteiger partial charge in [0, 0.05) is 18.7 Å². The van der Waals surface area contributed by atoms with Gasteiger partial charge in [0.05, 0.1) is 11.8 Å². The summed E-state index contributed by atoms with van der Waals surface area (Å²) in [5, 5.41) is 11.3. The highest BCUT2D eigenvalue weighted by molar-refractivity contribution is 7.91. The number of sulfonamides is 2. The Morgan fingerprint density at radius 2 is 1.78 bits per heavy atom. The molecule has 0 bridgehead atoms. The number of nitrogens with one attached hydrogen (secondary N) is 1. The van der Waals surface area contributed by atoms with Gasteiger partial charge in [-0.1, -0.05) is 51.1 Å². The number of rotatable bonds is 7. The maximum absolute atomic E-state index is 13.7. The third-order valence-electron chi connectivity index (χ3n) is 6.31. The van der Waals surface area contributed by atoms with Crippen molar-refractivity contribution >= 4 is 31.7 Å². The van der Waals surface area contributed by atoms with Gasteiger partial charge in [0.15, 0.2) is 0 Å². The summed E-state index contributed by atoms with van der Waals surface area (Å²) in [6.07, 6.45) is 0. The fraction of sp³-hybridized carbons (Fsp3) is 0.360. The standard InChI is InChI=1S/C25H28FN3O6S2/c1-5-36(32,33)27-13-16-7-6-8-18-20(28-37(34,35)22(16)18)19-21(30)23(25(2,3)4)29(24(19)31)14-15-9-11-17(26)12-10-15/h6-12,23,27,30H,5,13-14H2,1-4H3. The maximum atomic E-state index is 13.7. The molecule has 0 spiro atoms. The molecule has 2 N–H and O–H groups in total. The fourth-order valence-electron chi connectivity index (χ4n) is 4.60.